The van der Waals surface area contributed by atoms with Crippen molar-refractivity contribution in [2.45, 2.75) is 10.5 Å². The molecule has 0 spiro atoms. The van der Waals surface area contributed by atoms with Gasteiger partial charge in [0.2, 0.25) is 11.5 Å². The van der Waals surface area contributed by atoms with Crippen molar-refractivity contribution < 1.29 is 32.7 Å². The van der Waals surface area contributed by atoms with Gasteiger partial charge in [0, 0.05) is 42.2 Å². The van der Waals surface area contributed by atoms with Gasteiger partial charge in [0.15, 0.2) is 5.60 Å². The third-order valence-electron chi connectivity index (χ3n) is 5.35. The van der Waals surface area contributed by atoms with Crippen LogP contribution in [-0.2, 0) is 19.9 Å². The molecule has 0 amide bonds. The highest BCUT2D eigenvalue weighted by Crippen LogP contribution is 2.60. The van der Waals surface area contributed by atoms with Gasteiger partial charge in [0.25, 0.3) is 10.1 Å². The zero-order valence-corrected chi connectivity index (χ0v) is 27.5. The van der Waals surface area contributed by atoms with Gasteiger partial charge in [-0.1, -0.05) is 0 Å². The molecule has 18 heteroatoms. The maximum absolute atomic E-state index is 13.5. The van der Waals surface area contributed by atoms with Crippen LogP contribution < -0.4 is 0 Å². The molecule has 194 valence electrons. The van der Waals surface area contributed by atoms with E-state index in [1.807, 2.05) is 0 Å². The number of aromatic hydroxyl groups is 2. The largest absolute Gasteiger partial charge is 0.501 e. The molecule has 0 saturated carbocycles. The smallest absolute Gasteiger partial charge is 0.312 e. The predicted molar refractivity (Wildman–Crippen MR) is 150 cm³/mol. The molecule has 0 bridgehead atoms. The van der Waals surface area contributed by atoms with E-state index in [2.05, 4.69) is 95.6 Å². The fourth-order valence-corrected chi connectivity index (χ4v) is 9.47. The van der Waals surface area contributed by atoms with Crippen LogP contribution in [0.5, 0.6) is 11.5 Å². The Labute approximate surface area is 257 Å². The van der Waals surface area contributed by atoms with Gasteiger partial charge in [-0.3, -0.25) is 20.2 Å². The molecule has 0 unspecified atom stereocenters. The summed E-state index contributed by atoms with van der Waals surface area (Å²) in [6.07, 6.45) is 0. The summed E-state index contributed by atoms with van der Waals surface area (Å²) in [7, 11) is -4.64. The van der Waals surface area contributed by atoms with Crippen molar-refractivity contribution in [3.05, 3.63) is 88.0 Å². The lowest BCUT2D eigenvalue weighted by Gasteiger charge is -2.30. The summed E-state index contributed by atoms with van der Waals surface area (Å²) in [6.45, 7) is 0. The molecule has 4 rings (SSSR count). The van der Waals surface area contributed by atoms with Crippen LogP contribution in [0.3, 0.4) is 0 Å². The number of phenolic OH excluding ortho intramolecular Hbond substituents is 2. The van der Waals surface area contributed by atoms with Gasteiger partial charge >= 0.3 is 11.4 Å². The second-order valence-electron chi connectivity index (χ2n) is 7.34. The summed E-state index contributed by atoms with van der Waals surface area (Å²) in [5.74, 6) is -1.47. The number of phenols is 2. The monoisotopic (exact) mass is 911 g/mol. The minimum atomic E-state index is -4.64. The third-order valence-corrected chi connectivity index (χ3v) is 13.0. The summed E-state index contributed by atoms with van der Waals surface area (Å²) < 4.78 is 33.2. The molecule has 1 aliphatic rings. The first-order valence-electron chi connectivity index (χ1n) is 9.23. The minimum Gasteiger partial charge on any atom is -0.501 e. The molecule has 11 nitrogen and oxygen atoms in total. The van der Waals surface area contributed by atoms with Gasteiger partial charge in [-0.25, -0.2) is 4.18 Å². The second kappa shape index (κ2) is 9.79. The number of hydrogen-bond acceptors (Lipinski definition) is 9. The molecule has 0 fully saturated rings. The Morgan fingerprint density at radius 1 is 0.730 bits per heavy atom. The van der Waals surface area contributed by atoms with Crippen molar-refractivity contribution in [2.75, 3.05) is 0 Å². The van der Waals surface area contributed by atoms with Gasteiger partial charge in [-0.15, -0.1) is 0 Å². The third kappa shape index (κ3) is 4.36. The molecule has 1 aliphatic heterocycles. The lowest BCUT2D eigenvalue weighted by molar-refractivity contribution is -0.386. The Balaban J connectivity index is 2.32. The van der Waals surface area contributed by atoms with E-state index < -0.39 is 48.4 Å². The SMILES string of the molecule is O=[N+]([O-])c1cc(C2(c3cc(Br)c(O)c([N+](=O)[O-])c3)OS(=O)(=O)c3c(Br)c(Br)c(Br)c(Br)c32)cc(Br)c1O. The van der Waals surface area contributed by atoms with E-state index >= 15 is 0 Å². The Morgan fingerprint density at radius 3 is 1.54 bits per heavy atom. The van der Waals surface area contributed by atoms with Gasteiger partial charge in [-0.2, -0.15) is 8.42 Å². The van der Waals surface area contributed by atoms with Gasteiger partial charge < -0.3 is 10.2 Å². The summed E-state index contributed by atoms with van der Waals surface area (Å²) in [4.78, 5) is 21.3. The molecule has 0 aromatic heterocycles. The first-order valence-corrected chi connectivity index (χ1v) is 15.4. The van der Waals surface area contributed by atoms with E-state index in [1.54, 1.807) is 0 Å². The number of benzene rings is 3. The van der Waals surface area contributed by atoms with Crippen molar-refractivity contribution >= 4 is 117 Å². The molecule has 0 atom stereocenters. The number of nitro benzene ring substituents is 2. The van der Waals surface area contributed by atoms with Crippen LogP contribution in [0.25, 0.3) is 0 Å². The lowest BCUT2D eigenvalue weighted by atomic mass is 9.80. The number of hydrogen-bond donors (Lipinski definition) is 2. The summed E-state index contributed by atoms with van der Waals surface area (Å²) in [5, 5.41) is 44.0. The molecule has 0 aliphatic carbocycles. The minimum absolute atomic E-state index is 0.0409. The number of rotatable bonds is 4. The number of halogens is 6. The van der Waals surface area contributed by atoms with E-state index in [0.29, 0.717) is 4.47 Å². The van der Waals surface area contributed by atoms with E-state index in [9.17, 15) is 38.9 Å². The van der Waals surface area contributed by atoms with Crippen LogP contribution in [0, 0.1) is 20.2 Å². The van der Waals surface area contributed by atoms with Crippen LogP contribution in [0.2, 0.25) is 0 Å². The molecule has 3 aromatic rings. The molecular formula is C19H6Br6N2O9S. The van der Waals surface area contributed by atoms with Crippen molar-refractivity contribution in [3.63, 3.8) is 0 Å². The van der Waals surface area contributed by atoms with E-state index in [4.69, 9.17) is 4.18 Å². The van der Waals surface area contributed by atoms with Crippen LogP contribution in [0.15, 0.2) is 56.0 Å². The van der Waals surface area contributed by atoms with Crippen molar-refractivity contribution in [3.8, 4) is 11.5 Å². The molecule has 0 radical (unpaired) electrons. The van der Waals surface area contributed by atoms with Crippen LogP contribution >= 0.6 is 95.6 Å². The molecule has 3 aromatic carbocycles. The van der Waals surface area contributed by atoms with Crippen LogP contribution in [0.4, 0.5) is 11.4 Å². The van der Waals surface area contributed by atoms with Gasteiger partial charge in [0.05, 0.1) is 23.3 Å². The average Bonchev–Trinajstić information content (AvgIpc) is 3.07. The number of fused-ring (bicyclic) bond motifs is 1. The fraction of sp³-hybridized carbons (Fsp3) is 0.0526. The zero-order chi connectivity index (χ0) is 27.8. The van der Waals surface area contributed by atoms with E-state index in [1.165, 1.54) is 12.1 Å². The number of nitro groups is 2. The highest BCUT2D eigenvalue weighted by Gasteiger charge is 2.56. The van der Waals surface area contributed by atoms with E-state index in [0.717, 1.165) is 12.1 Å². The van der Waals surface area contributed by atoms with Crippen molar-refractivity contribution in [1.29, 1.82) is 0 Å². The maximum Gasteiger partial charge on any atom is 0.312 e. The molecule has 37 heavy (non-hydrogen) atoms. The Hall–Kier alpha value is -1.15. The first-order chi connectivity index (χ1) is 17.1. The van der Waals surface area contributed by atoms with Gasteiger partial charge in [0.1, 0.15) is 4.90 Å². The topological polar surface area (TPSA) is 170 Å². The lowest BCUT2D eigenvalue weighted by Crippen LogP contribution is -2.30. The molecule has 2 N–H and O–H groups in total. The van der Waals surface area contributed by atoms with Crippen LogP contribution in [0.1, 0.15) is 16.7 Å². The van der Waals surface area contributed by atoms with Gasteiger partial charge in [-0.05, 0) is 108 Å². The number of nitrogens with zero attached hydrogens (tertiary/aromatic N) is 2. The Kier molecular flexibility index (Phi) is 7.64. The van der Waals surface area contributed by atoms with Crippen molar-refractivity contribution in [2.24, 2.45) is 0 Å². The highest BCUT2D eigenvalue weighted by atomic mass is 79.9. The second-order valence-corrected chi connectivity index (χ2v) is 13.7. The summed E-state index contributed by atoms with van der Waals surface area (Å²) in [6, 6.07) is 4.17. The Bertz CT molecular complexity index is 1610. The highest BCUT2D eigenvalue weighted by molar-refractivity contribution is 9.15. The van der Waals surface area contributed by atoms with Crippen LogP contribution in [-0.4, -0.2) is 28.5 Å². The van der Waals surface area contributed by atoms with Crippen molar-refractivity contribution in [1.82, 2.24) is 0 Å². The average molecular weight is 918 g/mol. The molecular weight excluding hydrogens is 912 g/mol. The molecule has 0 saturated heterocycles. The first kappa shape index (κ1) is 28.8. The maximum atomic E-state index is 13.5. The predicted octanol–water partition coefficient (Wildman–Crippen LogP) is 7.50. The standard InChI is InChI=1S/C19H6Br6N2O9S/c20-7-1-5(3-9(16(7)28)26(30)31)19(6-2-8(21)17(29)10(4-6)27(32)33)11-12(22)13(23)14(24)15(25)18(11)37(34,35)36-19/h1-4,28-29H. The summed E-state index contributed by atoms with van der Waals surface area (Å²) in [5.41, 5.74) is -4.32. The van der Waals surface area contributed by atoms with E-state index in [-0.39, 0.29) is 43.9 Å². The quantitative estimate of drug-likeness (QED) is 0.0885. The summed E-state index contributed by atoms with van der Waals surface area (Å²) >= 11 is 19.3. The Morgan fingerprint density at radius 2 is 1.14 bits per heavy atom. The zero-order valence-electron chi connectivity index (χ0n) is 17.1. The normalized spacial score (nSPS) is 15.4. The molecule has 1 heterocycles. The fourth-order valence-electron chi connectivity index (χ4n) is 3.81.